The molecule has 4 fully saturated rings. The van der Waals surface area contributed by atoms with Gasteiger partial charge in [-0.2, -0.15) is 0 Å². The molecule has 9 atom stereocenters. The van der Waals surface area contributed by atoms with Gasteiger partial charge in [-0.1, -0.05) is 27.7 Å². The van der Waals surface area contributed by atoms with Crippen molar-refractivity contribution in [3.8, 4) is 0 Å². The van der Waals surface area contributed by atoms with Crippen molar-refractivity contribution in [1.82, 2.24) is 5.32 Å². The second-order valence-electron chi connectivity index (χ2n) is 12.9. The third-order valence-electron chi connectivity index (χ3n) is 11.2. The Labute approximate surface area is 228 Å². The quantitative estimate of drug-likeness (QED) is 0.381. The van der Waals surface area contributed by atoms with E-state index in [0.29, 0.717) is 60.9 Å². The molecule has 1 amide bonds. The van der Waals surface area contributed by atoms with Crippen LogP contribution in [-0.2, 0) is 14.4 Å². The molecule has 0 saturated heterocycles. The van der Waals surface area contributed by atoms with Crippen LogP contribution in [0, 0.1) is 46.3 Å². The first-order valence-electron chi connectivity index (χ1n) is 14.2. The number of thiophene rings is 1. The molecule has 0 bridgehead atoms. The zero-order chi connectivity index (χ0) is 25.8. The summed E-state index contributed by atoms with van der Waals surface area (Å²) in [7, 11) is 0. The van der Waals surface area contributed by atoms with E-state index in [-0.39, 0.29) is 34.6 Å². The summed E-state index contributed by atoms with van der Waals surface area (Å²) < 4.78 is 1.09. The first-order valence-corrected chi connectivity index (χ1v) is 15.8. The largest absolute Gasteiger partial charge is 0.348 e. The van der Waals surface area contributed by atoms with Gasteiger partial charge in [-0.25, -0.2) is 0 Å². The Bertz CT molecular complexity index is 1040. The van der Waals surface area contributed by atoms with E-state index in [1.807, 2.05) is 6.07 Å². The number of hydrogen-bond donors (Lipinski definition) is 1. The van der Waals surface area contributed by atoms with E-state index in [1.54, 1.807) is 11.3 Å². The molecule has 1 heterocycles. The molecule has 1 N–H and O–H groups in total. The van der Waals surface area contributed by atoms with Crippen LogP contribution in [0.1, 0.15) is 103 Å². The van der Waals surface area contributed by atoms with Gasteiger partial charge in [0.25, 0.3) is 0 Å². The van der Waals surface area contributed by atoms with E-state index in [9.17, 15) is 14.4 Å². The van der Waals surface area contributed by atoms with Gasteiger partial charge >= 0.3 is 0 Å². The Hall–Kier alpha value is -1.01. The van der Waals surface area contributed by atoms with Gasteiger partial charge in [-0.3, -0.25) is 14.4 Å². The zero-order valence-electron chi connectivity index (χ0n) is 22.3. The molecule has 0 aromatic carbocycles. The van der Waals surface area contributed by atoms with Crippen molar-refractivity contribution in [3.63, 3.8) is 0 Å². The van der Waals surface area contributed by atoms with Crippen molar-refractivity contribution in [2.75, 3.05) is 0 Å². The molecule has 1 aromatic heterocycles. The zero-order valence-corrected chi connectivity index (χ0v) is 24.7. The average molecular weight is 577 g/mol. The van der Waals surface area contributed by atoms with Crippen LogP contribution in [-0.4, -0.2) is 17.5 Å². The second-order valence-corrected chi connectivity index (χ2v) is 15.4. The van der Waals surface area contributed by atoms with Crippen LogP contribution in [0.25, 0.3) is 0 Å². The molecule has 4 saturated carbocycles. The van der Waals surface area contributed by atoms with Crippen LogP contribution in [0.2, 0.25) is 0 Å². The second kappa shape index (κ2) is 9.94. The Balaban J connectivity index is 1.28. The summed E-state index contributed by atoms with van der Waals surface area (Å²) >= 11 is 5.23. The van der Waals surface area contributed by atoms with Crippen molar-refractivity contribution in [3.05, 3.63) is 20.8 Å². The fraction of sp³-hybridized carbons (Fsp3) is 0.767. The van der Waals surface area contributed by atoms with E-state index in [1.165, 1.54) is 4.88 Å². The van der Waals surface area contributed by atoms with Crippen molar-refractivity contribution in [1.29, 1.82) is 0 Å². The third kappa shape index (κ3) is 4.46. The predicted molar refractivity (Wildman–Crippen MR) is 148 cm³/mol. The summed E-state index contributed by atoms with van der Waals surface area (Å²) in [6.45, 7) is 9.22. The molecule has 198 valence electrons. The topological polar surface area (TPSA) is 63.2 Å². The summed E-state index contributed by atoms with van der Waals surface area (Å²) in [6, 6.07) is 4.22. The number of ketones is 2. The maximum Gasteiger partial charge on any atom is 0.220 e. The van der Waals surface area contributed by atoms with Crippen molar-refractivity contribution >= 4 is 44.7 Å². The van der Waals surface area contributed by atoms with Gasteiger partial charge in [-0.15, -0.1) is 11.3 Å². The van der Waals surface area contributed by atoms with Gasteiger partial charge in [0.05, 0.1) is 9.83 Å². The van der Waals surface area contributed by atoms with Gasteiger partial charge in [-0.05, 0) is 107 Å². The van der Waals surface area contributed by atoms with Crippen LogP contribution in [0.15, 0.2) is 15.9 Å². The highest BCUT2D eigenvalue weighted by Crippen LogP contribution is 2.67. The predicted octanol–water partition coefficient (Wildman–Crippen LogP) is 7.51. The number of fused-ring (bicyclic) bond motifs is 5. The van der Waals surface area contributed by atoms with Crippen LogP contribution >= 0.6 is 27.3 Å². The smallest absolute Gasteiger partial charge is 0.220 e. The Morgan fingerprint density at radius 2 is 1.86 bits per heavy atom. The molecule has 5 unspecified atom stereocenters. The van der Waals surface area contributed by atoms with Gasteiger partial charge < -0.3 is 5.32 Å². The Kier molecular flexibility index (Phi) is 7.35. The van der Waals surface area contributed by atoms with E-state index >= 15 is 0 Å². The number of hydrogen-bond acceptors (Lipinski definition) is 4. The lowest BCUT2D eigenvalue weighted by molar-refractivity contribution is -0.159. The molecular weight excluding hydrogens is 534 g/mol. The van der Waals surface area contributed by atoms with Gasteiger partial charge in [0.15, 0.2) is 0 Å². The summed E-state index contributed by atoms with van der Waals surface area (Å²) in [4.78, 5) is 40.1. The van der Waals surface area contributed by atoms with Gasteiger partial charge in [0.1, 0.15) is 11.6 Å². The summed E-state index contributed by atoms with van der Waals surface area (Å²) in [5.41, 5.74) is 0.274. The number of carbonyl (C=O) groups is 3. The van der Waals surface area contributed by atoms with Crippen LogP contribution < -0.4 is 5.32 Å². The number of amides is 1. The van der Waals surface area contributed by atoms with Crippen molar-refractivity contribution < 1.29 is 14.4 Å². The number of Topliss-reactive ketones (excluding diaryl/α,β-unsaturated/α-hetero) is 2. The molecule has 4 aliphatic rings. The maximum absolute atomic E-state index is 13.6. The third-order valence-corrected chi connectivity index (χ3v) is 13.0. The maximum atomic E-state index is 13.6. The molecule has 36 heavy (non-hydrogen) atoms. The summed E-state index contributed by atoms with van der Waals surface area (Å²) in [5.74, 6) is 3.01. The van der Waals surface area contributed by atoms with Gasteiger partial charge in [0.2, 0.25) is 5.91 Å². The molecule has 0 aliphatic heterocycles. The van der Waals surface area contributed by atoms with Crippen molar-refractivity contribution in [2.45, 2.75) is 97.9 Å². The molecule has 4 nitrogen and oxygen atoms in total. The normalized spacial score (nSPS) is 39.6. The number of halogens is 1. The van der Waals surface area contributed by atoms with E-state index < -0.39 is 0 Å². The highest BCUT2D eigenvalue weighted by atomic mass is 79.9. The minimum Gasteiger partial charge on any atom is -0.348 e. The average Bonchev–Trinajstić information content (AvgIpc) is 3.41. The first-order chi connectivity index (χ1) is 17.1. The minimum atomic E-state index is 0.0688. The Morgan fingerprint density at radius 3 is 2.56 bits per heavy atom. The summed E-state index contributed by atoms with van der Waals surface area (Å²) in [5, 5.41) is 3.30. The lowest BCUT2D eigenvalue weighted by Crippen LogP contribution is -2.57. The lowest BCUT2D eigenvalue weighted by Gasteiger charge is -2.59. The fourth-order valence-corrected chi connectivity index (χ4v) is 10.8. The fourth-order valence-electron chi connectivity index (χ4n) is 9.28. The molecule has 0 spiro atoms. The number of rotatable bonds is 6. The minimum absolute atomic E-state index is 0.0688. The SMILES string of the molecule is CC[C@H](NC(=O)C[C@@H](C)C1CC[C@H]2C3C(=O)CC4CC(=O)CCC4(C)[C@H]3CCC12C)c1ccc(Br)s1. The lowest BCUT2D eigenvalue weighted by atomic mass is 9.44. The standard InChI is InChI=1S/C30H42BrNO3S/c1-5-23(25-8-9-26(31)36-25)32-27(35)14-17(2)20-6-7-21-28-22(11-13-30(20,21)4)29(3)12-10-19(33)15-18(29)16-24(28)34/h8-9,17-18,20-23,28H,5-7,10-16H2,1-4H3,(H,32,35)/t17-,18?,20?,21+,22+,23+,28?,29?,30?/m1/s1. The first kappa shape index (κ1) is 26.6. The number of nitrogens with one attached hydrogen (secondary N) is 1. The summed E-state index contributed by atoms with van der Waals surface area (Å²) in [6.07, 6.45) is 8.81. The van der Waals surface area contributed by atoms with Crippen LogP contribution in [0.3, 0.4) is 0 Å². The molecule has 0 radical (unpaired) electrons. The van der Waals surface area contributed by atoms with E-state index in [2.05, 4.69) is 55.0 Å². The number of carbonyl (C=O) groups excluding carboxylic acids is 3. The highest BCUT2D eigenvalue weighted by Gasteiger charge is 2.63. The molecular formula is C30H42BrNO3S. The van der Waals surface area contributed by atoms with E-state index in [0.717, 1.165) is 42.3 Å². The molecule has 6 heteroatoms. The molecule has 1 aromatic rings. The molecule has 4 aliphatic carbocycles. The highest BCUT2D eigenvalue weighted by molar-refractivity contribution is 9.11. The van der Waals surface area contributed by atoms with Crippen LogP contribution in [0.5, 0.6) is 0 Å². The van der Waals surface area contributed by atoms with Crippen LogP contribution in [0.4, 0.5) is 0 Å². The molecule has 5 rings (SSSR count). The van der Waals surface area contributed by atoms with Crippen molar-refractivity contribution in [2.24, 2.45) is 46.3 Å². The monoisotopic (exact) mass is 575 g/mol. The van der Waals surface area contributed by atoms with Gasteiger partial charge in [0, 0.05) is 36.5 Å². The Morgan fingerprint density at radius 1 is 1.11 bits per heavy atom. The van der Waals surface area contributed by atoms with E-state index in [4.69, 9.17) is 0 Å².